The number of anilines is 1. The van der Waals surface area contributed by atoms with Crippen molar-refractivity contribution in [1.82, 2.24) is 9.78 Å². The van der Waals surface area contributed by atoms with Gasteiger partial charge in [0.05, 0.1) is 11.9 Å². The van der Waals surface area contributed by atoms with E-state index < -0.39 is 0 Å². The molecular formula is C9H16N4OS. The summed E-state index contributed by atoms with van der Waals surface area (Å²) < 4.78 is 1.53. The second kappa shape index (κ2) is 6.34. The number of aromatic nitrogens is 2. The smallest absolute Gasteiger partial charge is 0.239 e. The zero-order chi connectivity index (χ0) is 11.1. The van der Waals surface area contributed by atoms with Gasteiger partial charge in [-0.05, 0) is 18.4 Å². The number of nitrogens with zero attached hydrogens (tertiary/aromatic N) is 2. The van der Waals surface area contributed by atoms with Crippen LogP contribution in [0.3, 0.4) is 0 Å². The van der Waals surface area contributed by atoms with Crippen LogP contribution in [0.2, 0.25) is 0 Å². The number of nitrogens with one attached hydrogen (secondary N) is 1. The van der Waals surface area contributed by atoms with E-state index in [2.05, 4.69) is 16.7 Å². The summed E-state index contributed by atoms with van der Waals surface area (Å²) in [6.07, 6.45) is 6.68. The molecule has 5 nitrogen and oxygen atoms in total. The maximum atomic E-state index is 10.6. The lowest BCUT2D eigenvalue weighted by atomic mass is 10.4. The van der Waals surface area contributed by atoms with Crippen LogP contribution >= 0.6 is 11.8 Å². The van der Waals surface area contributed by atoms with Gasteiger partial charge in [0.15, 0.2) is 0 Å². The summed E-state index contributed by atoms with van der Waals surface area (Å²) in [6, 6.07) is 0. The summed E-state index contributed by atoms with van der Waals surface area (Å²) >= 11 is 1.83. The highest BCUT2D eigenvalue weighted by Crippen LogP contribution is 2.05. The molecule has 1 aromatic rings. The molecule has 0 spiro atoms. The van der Waals surface area contributed by atoms with Crippen LogP contribution in [0.5, 0.6) is 0 Å². The van der Waals surface area contributed by atoms with Crippen molar-refractivity contribution in [3.63, 3.8) is 0 Å². The quantitative estimate of drug-likeness (QED) is 0.668. The summed E-state index contributed by atoms with van der Waals surface area (Å²) in [5.74, 6) is 0.759. The van der Waals surface area contributed by atoms with Gasteiger partial charge in [-0.1, -0.05) is 0 Å². The number of hydrogen-bond acceptors (Lipinski definition) is 4. The summed E-state index contributed by atoms with van der Waals surface area (Å²) in [4.78, 5) is 10.6. The molecule has 84 valence electrons. The normalized spacial score (nSPS) is 10.2. The predicted molar refractivity (Wildman–Crippen MR) is 62.9 cm³/mol. The standard InChI is InChI=1S/C9H16N4OS/c1-15-4-2-3-11-8-5-12-13(6-8)7-9(10)14/h5-6,11H,2-4,7H2,1H3,(H2,10,14). The first-order chi connectivity index (χ1) is 7.22. The predicted octanol–water partition coefficient (Wildman–Crippen LogP) is 0.533. The molecular weight excluding hydrogens is 212 g/mol. The van der Waals surface area contributed by atoms with Gasteiger partial charge in [-0.3, -0.25) is 9.48 Å². The van der Waals surface area contributed by atoms with Crippen LogP contribution in [0.25, 0.3) is 0 Å². The van der Waals surface area contributed by atoms with Crippen LogP contribution in [0, 0.1) is 0 Å². The number of hydrogen-bond donors (Lipinski definition) is 2. The third-order valence-corrected chi connectivity index (χ3v) is 2.50. The Balaban J connectivity index is 2.29. The maximum Gasteiger partial charge on any atom is 0.239 e. The third kappa shape index (κ3) is 4.73. The van der Waals surface area contributed by atoms with Crippen molar-refractivity contribution in [3.05, 3.63) is 12.4 Å². The molecule has 0 unspecified atom stereocenters. The Labute approximate surface area is 93.4 Å². The van der Waals surface area contributed by atoms with Crippen molar-refractivity contribution in [2.75, 3.05) is 23.9 Å². The molecule has 3 N–H and O–H groups in total. The van der Waals surface area contributed by atoms with Crippen molar-refractivity contribution in [2.24, 2.45) is 5.73 Å². The van der Waals surface area contributed by atoms with Gasteiger partial charge in [0.1, 0.15) is 6.54 Å². The molecule has 0 bridgehead atoms. The van der Waals surface area contributed by atoms with Gasteiger partial charge in [0.25, 0.3) is 0 Å². The van der Waals surface area contributed by atoms with Gasteiger partial charge in [-0.15, -0.1) is 0 Å². The number of primary amides is 1. The second-order valence-corrected chi connectivity index (χ2v) is 4.15. The largest absolute Gasteiger partial charge is 0.382 e. The molecule has 0 fully saturated rings. The average molecular weight is 228 g/mol. The molecule has 0 saturated heterocycles. The van der Waals surface area contributed by atoms with Crippen molar-refractivity contribution < 1.29 is 4.79 Å². The molecule has 0 atom stereocenters. The number of amides is 1. The highest BCUT2D eigenvalue weighted by Gasteiger charge is 2.00. The Morgan fingerprint density at radius 2 is 2.53 bits per heavy atom. The van der Waals surface area contributed by atoms with Crippen molar-refractivity contribution >= 4 is 23.4 Å². The minimum Gasteiger partial charge on any atom is -0.382 e. The van der Waals surface area contributed by atoms with E-state index in [0.29, 0.717) is 0 Å². The molecule has 15 heavy (non-hydrogen) atoms. The number of carbonyl (C=O) groups excluding carboxylic acids is 1. The van der Waals surface area contributed by atoms with Crippen LogP contribution in [0.15, 0.2) is 12.4 Å². The molecule has 1 heterocycles. The first-order valence-electron chi connectivity index (χ1n) is 4.76. The summed E-state index contributed by atoms with van der Waals surface area (Å²) in [7, 11) is 0. The SMILES string of the molecule is CSCCCNc1cnn(CC(N)=O)c1. The van der Waals surface area contributed by atoms with E-state index in [0.717, 1.165) is 24.4 Å². The molecule has 0 aliphatic rings. The van der Waals surface area contributed by atoms with Gasteiger partial charge >= 0.3 is 0 Å². The highest BCUT2D eigenvalue weighted by molar-refractivity contribution is 7.98. The zero-order valence-electron chi connectivity index (χ0n) is 8.77. The third-order valence-electron chi connectivity index (χ3n) is 1.81. The first-order valence-corrected chi connectivity index (χ1v) is 6.15. The lowest BCUT2D eigenvalue weighted by Gasteiger charge is -2.01. The fourth-order valence-corrected chi connectivity index (χ4v) is 1.58. The monoisotopic (exact) mass is 228 g/mol. The van der Waals surface area contributed by atoms with Crippen molar-refractivity contribution in [2.45, 2.75) is 13.0 Å². The minimum atomic E-state index is -0.382. The average Bonchev–Trinajstić information content (AvgIpc) is 2.59. The Morgan fingerprint density at radius 3 is 3.20 bits per heavy atom. The Hall–Kier alpha value is -1.17. The molecule has 1 amide bonds. The van der Waals surface area contributed by atoms with Crippen LogP contribution in [0.1, 0.15) is 6.42 Å². The zero-order valence-corrected chi connectivity index (χ0v) is 9.59. The number of thioether (sulfide) groups is 1. The number of carbonyl (C=O) groups is 1. The van der Waals surface area contributed by atoms with E-state index in [4.69, 9.17) is 5.73 Å². The van der Waals surface area contributed by atoms with E-state index >= 15 is 0 Å². The topological polar surface area (TPSA) is 72.9 Å². The lowest BCUT2D eigenvalue weighted by Crippen LogP contribution is -2.18. The van der Waals surface area contributed by atoms with E-state index in [1.54, 1.807) is 12.4 Å². The Kier molecular flexibility index (Phi) is 5.03. The molecule has 0 aliphatic carbocycles. The maximum absolute atomic E-state index is 10.6. The van der Waals surface area contributed by atoms with E-state index in [1.807, 2.05) is 11.8 Å². The summed E-state index contributed by atoms with van der Waals surface area (Å²) in [5, 5.41) is 7.23. The minimum absolute atomic E-state index is 0.131. The van der Waals surface area contributed by atoms with Gasteiger partial charge in [0, 0.05) is 12.7 Å². The van der Waals surface area contributed by atoms with Gasteiger partial charge in [-0.2, -0.15) is 16.9 Å². The molecule has 0 aliphatic heterocycles. The van der Waals surface area contributed by atoms with Gasteiger partial charge in [0.2, 0.25) is 5.91 Å². The fourth-order valence-electron chi connectivity index (χ4n) is 1.15. The molecule has 0 radical (unpaired) electrons. The van der Waals surface area contributed by atoms with Crippen molar-refractivity contribution in [1.29, 1.82) is 0 Å². The van der Waals surface area contributed by atoms with Crippen LogP contribution in [0.4, 0.5) is 5.69 Å². The summed E-state index contributed by atoms with van der Waals surface area (Å²) in [5.41, 5.74) is 5.98. The van der Waals surface area contributed by atoms with Crippen LogP contribution in [-0.4, -0.2) is 34.2 Å². The van der Waals surface area contributed by atoms with E-state index in [9.17, 15) is 4.79 Å². The second-order valence-electron chi connectivity index (χ2n) is 3.17. The fraction of sp³-hybridized carbons (Fsp3) is 0.556. The van der Waals surface area contributed by atoms with E-state index in [-0.39, 0.29) is 12.5 Å². The highest BCUT2D eigenvalue weighted by atomic mass is 32.2. The molecule has 1 rings (SSSR count). The van der Waals surface area contributed by atoms with Gasteiger partial charge < -0.3 is 11.1 Å². The van der Waals surface area contributed by atoms with Crippen molar-refractivity contribution in [3.8, 4) is 0 Å². The Bertz CT molecular complexity index is 313. The van der Waals surface area contributed by atoms with Crippen LogP contribution < -0.4 is 11.1 Å². The van der Waals surface area contributed by atoms with E-state index in [1.165, 1.54) is 4.68 Å². The first kappa shape index (κ1) is 11.9. The number of rotatable bonds is 7. The van der Waals surface area contributed by atoms with Crippen LogP contribution in [-0.2, 0) is 11.3 Å². The van der Waals surface area contributed by atoms with Gasteiger partial charge in [-0.25, -0.2) is 0 Å². The molecule has 6 heteroatoms. The number of nitrogens with two attached hydrogens (primary N) is 1. The molecule has 1 aromatic heterocycles. The lowest BCUT2D eigenvalue weighted by molar-refractivity contribution is -0.118. The molecule has 0 aromatic carbocycles. The Morgan fingerprint density at radius 1 is 1.73 bits per heavy atom. The molecule has 0 saturated carbocycles. The summed E-state index contributed by atoms with van der Waals surface area (Å²) in [6.45, 7) is 1.05.